The second-order valence-electron chi connectivity index (χ2n) is 3.78. The van der Waals surface area contributed by atoms with E-state index in [9.17, 15) is 14.2 Å². The average molecular weight is 269 g/mol. The van der Waals surface area contributed by atoms with Crippen LogP contribution in [0.1, 0.15) is 26.7 Å². The summed E-state index contributed by atoms with van der Waals surface area (Å²) in [5.41, 5.74) is 4.75. The molecule has 8 heteroatoms. The molecule has 0 radical (unpaired) electrons. The number of rotatable bonds is 5. The van der Waals surface area contributed by atoms with Crippen LogP contribution in [0.4, 0.5) is 0 Å². The second-order valence-corrected chi connectivity index (χ2v) is 5.48. The largest absolute Gasteiger partial charge is 0.469 e. The number of amides is 1. The van der Waals surface area contributed by atoms with E-state index in [2.05, 4.69) is 4.74 Å². The molecule has 0 saturated heterocycles. The van der Waals surface area contributed by atoms with Crippen molar-refractivity contribution in [1.82, 2.24) is 0 Å². The quantitative estimate of drug-likeness (QED) is 0.484. The first-order valence-electron chi connectivity index (χ1n) is 4.98. The third-order valence-electron chi connectivity index (χ3n) is 1.41. The van der Waals surface area contributed by atoms with Crippen LogP contribution in [-0.2, 0) is 18.9 Å². The number of nitrogens with two attached hydrogens (primary N) is 1. The van der Waals surface area contributed by atoms with Gasteiger partial charge in [-0.2, -0.15) is 0 Å². The molecule has 1 amide bonds. The molecule has 0 saturated carbocycles. The summed E-state index contributed by atoms with van der Waals surface area (Å²) < 4.78 is 14.4. The Bertz CT molecular complexity index is 285. The van der Waals surface area contributed by atoms with E-state index in [1.165, 1.54) is 7.11 Å². The summed E-state index contributed by atoms with van der Waals surface area (Å²) in [7, 11) is -2.45. The van der Waals surface area contributed by atoms with Gasteiger partial charge in [0.1, 0.15) is 0 Å². The molecule has 0 unspecified atom stereocenters. The van der Waals surface area contributed by atoms with Gasteiger partial charge in [-0.3, -0.25) is 14.2 Å². The van der Waals surface area contributed by atoms with Crippen molar-refractivity contribution in [1.29, 1.82) is 0 Å². The van der Waals surface area contributed by atoms with Crippen LogP contribution >= 0.6 is 7.60 Å². The van der Waals surface area contributed by atoms with Gasteiger partial charge in [0, 0.05) is 6.42 Å². The monoisotopic (exact) mass is 269 g/mol. The number of hydrogen-bond donors (Lipinski definition) is 3. The van der Waals surface area contributed by atoms with Gasteiger partial charge in [0.05, 0.1) is 19.7 Å². The molecule has 0 aliphatic rings. The van der Waals surface area contributed by atoms with Gasteiger partial charge in [0.2, 0.25) is 5.91 Å². The smallest absolute Gasteiger partial charge is 0.325 e. The zero-order chi connectivity index (χ0) is 14.1. The van der Waals surface area contributed by atoms with E-state index in [-0.39, 0.29) is 24.9 Å². The highest BCUT2D eigenvalue weighted by atomic mass is 31.2. The van der Waals surface area contributed by atoms with Crippen LogP contribution in [0.15, 0.2) is 0 Å². The third kappa shape index (κ3) is 21.0. The first-order chi connectivity index (χ1) is 7.58. The Morgan fingerprint density at radius 1 is 1.29 bits per heavy atom. The Hall–Kier alpha value is -0.910. The Balaban J connectivity index is 0. The van der Waals surface area contributed by atoms with Crippen molar-refractivity contribution < 1.29 is 28.7 Å². The molecular weight excluding hydrogens is 249 g/mol. The summed E-state index contributed by atoms with van der Waals surface area (Å²) in [5.74, 6) is -0.815. The lowest BCUT2D eigenvalue weighted by Gasteiger charge is -2.04. The van der Waals surface area contributed by atoms with Crippen molar-refractivity contribution >= 4 is 19.5 Å². The topological polar surface area (TPSA) is 127 Å². The average Bonchev–Trinajstić information content (AvgIpc) is 2.10. The molecule has 0 aromatic carbocycles. The van der Waals surface area contributed by atoms with Crippen LogP contribution in [0.5, 0.6) is 0 Å². The molecule has 102 valence electrons. The molecule has 7 nitrogen and oxygen atoms in total. The van der Waals surface area contributed by atoms with E-state index in [1.807, 2.05) is 0 Å². The van der Waals surface area contributed by atoms with Crippen LogP contribution < -0.4 is 5.73 Å². The molecular formula is C9H20NO6P. The van der Waals surface area contributed by atoms with E-state index in [4.69, 9.17) is 15.5 Å². The van der Waals surface area contributed by atoms with Gasteiger partial charge in [0.15, 0.2) is 0 Å². The maximum absolute atomic E-state index is 10.3. The Kier molecular flexibility index (Phi) is 9.94. The van der Waals surface area contributed by atoms with E-state index in [1.54, 1.807) is 13.8 Å². The maximum atomic E-state index is 10.3. The van der Waals surface area contributed by atoms with E-state index in [0.717, 1.165) is 0 Å². The molecule has 4 N–H and O–H groups in total. The van der Waals surface area contributed by atoms with Gasteiger partial charge in [-0.1, -0.05) is 13.8 Å². The highest BCUT2D eigenvalue weighted by Crippen LogP contribution is 2.36. The minimum Gasteiger partial charge on any atom is -0.469 e. The summed E-state index contributed by atoms with van der Waals surface area (Å²) in [6.07, 6.45) is 0.130. The highest BCUT2D eigenvalue weighted by Gasteiger charge is 2.13. The van der Waals surface area contributed by atoms with E-state index < -0.39 is 19.5 Å². The predicted molar refractivity (Wildman–Crippen MR) is 62.2 cm³/mol. The van der Waals surface area contributed by atoms with E-state index in [0.29, 0.717) is 0 Å². The van der Waals surface area contributed by atoms with Crippen LogP contribution in [0, 0.1) is 5.92 Å². The van der Waals surface area contributed by atoms with Crippen molar-refractivity contribution in [3.05, 3.63) is 0 Å². The van der Waals surface area contributed by atoms with Crippen molar-refractivity contribution in [3.63, 3.8) is 0 Å². The SMILES string of the molecule is CC(C)CP(=O)(O)O.COC(=O)CCC(N)=O. The fourth-order valence-electron chi connectivity index (χ4n) is 0.803. The van der Waals surface area contributed by atoms with Crippen LogP contribution in [0.25, 0.3) is 0 Å². The summed E-state index contributed by atoms with van der Waals surface area (Å²) in [4.78, 5) is 36.9. The van der Waals surface area contributed by atoms with Crippen molar-refractivity contribution in [2.45, 2.75) is 26.7 Å². The number of esters is 1. The Morgan fingerprint density at radius 2 is 1.76 bits per heavy atom. The number of carbonyl (C=O) groups excluding carboxylic acids is 2. The van der Waals surface area contributed by atoms with E-state index >= 15 is 0 Å². The van der Waals surface area contributed by atoms with Gasteiger partial charge < -0.3 is 20.3 Å². The molecule has 0 aromatic heterocycles. The molecule has 0 atom stereocenters. The lowest BCUT2D eigenvalue weighted by atomic mass is 10.3. The molecule has 0 fully saturated rings. The summed E-state index contributed by atoms with van der Waals surface area (Å²) in [6, 6.07) is 0. The number of carbonyl (C=O) groups is 2. The van der Waals surface area contributed by atoms with Gasteiger partial charge >= 0.3 is 13.6 Å². The molecule has 17 heavy (non-hydrogen) atoms. The number of methoxy groups -OCH3 is 1. The zero-order valence-corrected chi connectivity index (χ0v) is 11.1. The third-order valence-corrected chi connectivity index (χ3v) is 2.61. The summed E-state index contributed by atoms with van der Waals surface area (Å²) >= 11 is 0. The molecule has 0 bridgehead atoms. The van der Waals surface area contributed by atoms with Crippen LogP contribution in [0.2, 0.25) is 0 Å². The second kappa shape index (κ2) is 9.15. The van der Waals surface area contributed by atoms with Gasteiger partial charge in [0.25, 0.3) is 0 Å². The van der Waals surface area contributed by atoms with Gasteiger partial charge in [-0.15, -0.1) is 0 Å². The van der Waals surface area contributed by atoms with Gasteiger partial charge in [-0.05, 0) is 5.92 Å². The zero-order valence-electron chi connectivity index (χ0n) is 10.3. The van der Waals surface area contributed by atoms with Gasteiger partial charge in [-0.25, -0.2) is 0 Å². The molecule has 0 spiro atoms. The van der Waals surface area contributed by atoms with Crippen molar-refractivity contribution in [2.24, 2.45) is 11.7 Å². The minimum atomic E-state index is -3.72. The van der Waals surface area contributed by atoms with Crippen LogP contribution in [0.3, 0.4) is 0 Å². The molecule has 0 aliphatic carbocycles. The maximum Gasteiger partial charge on any atom is 0.325 e. The lowest BCUT2D eigenvalue weighted by molar-refractivity contribution is -0.141. The first kappa shape index (κ1) is 18.5. The Labute approximate surface area is 100 Å². The summed E-state index contributed by atoms with van der Waals surface area (Å²) in [5, 5.41) is 0. The van der Waals surface area contributed by atoms with Crippen molar-refractivity contribution in [2.75, 3.05) is 13.3 Å². The lowest BCUT2D eigenvalue weighted by Crippen LogP contribution is -2.13. The first-order valence-corrected chi connectivity index (χ1v) is 6.78. The Morgan fingerprint density at radius 3 is 1.94 bits per heavy atom. The van der Waals surface area contributed by atoms with Crippen LogP contribution in [-0.4, -0.2) is 34.9 Å². The molecule has 0 rings (SSSR count). The highest BCUT2D eigenvalue weighted by molar-refractivity contribution is 7.51. The standard InChI is InChI=1S/C5H9NO3.C4H11O3P/c1-9-5(8)3-2-4(6)7;1-4(2)3-8(5,6)7/h2-3H2,1H3,(H2,6,7);4H,3H2,1-2H3,(H2,5,6,7). The normalized spacial score (nSPS) is 10.5. The molecule has 0 heterocycles. The fraction of sp³-hybridized carbons (Fsp3) is 0.778. The minimum absolute atomic E-state index is 0.00694. The number of primary amides is 1. The van der Waals surface area contributed by atoms with Crippen molar-refractivity contribution in [3.8, 4) is 0 Å². The predicted octanol–water partition coefficient (Wildman–Crippen LogP) is 0.245. The summed E-state index contributed by atoms with van der Waals surface area (Å²) in [6.45, 7) is 3.55. The number of ether oxygens (including phenoxy) is 1. The molecule has 0 aromatic rings. The molecule has 0 aliphatic heterocycles. The fourth-order valence-corrected chi connectivity index (χ4v) is 1.75. The number of hydrogen-bond acceptors (Lipinski definition) is 4.